The minimum absolute atomic E-state index is 0.0538. The Morgan fingerprint density at radius 3 is 2.50 bits per heavy atom. The lowest BCUT2D eigenvalue weighted by Crippen LogP contribution is -2.52. The molecule has 6 nitrogen and oxygen atoms in total. The molecule has 1 amide bonds. The first kappa shape index (κ1) is 20.2. The summed E-state index contributed by atoms with van der Waals surface area (Å²) >= 11 is 1.59. The Morgan fingerprint density at radius 1 is 1.07 bits per heavy atom. The van der Waals surface area contributed by atoms with Gasteiger partial charge in [-0.3, -0.25) is 9.69 Å². The number of anilines is 1. The van der Waals surface area contributed by atoms with Gasteiger partial charge in [-0.05, 0) is 31.0 Å². The largest absolute Gasteiger partial charge is 0.325 e. The van der Waals surface area contributed by atoms with Crippen molar-refractivity contribution in [3.63, 3.8) is 0 Å². The molecule has 0 bridgehead atoms. The molecule has 28 heavy (non-hydrogen) atoms. The number of nitrogens with zero attached hydrogens (tertiary/aromatic N) is 2. The lowest BCUT2D eigenvalue weighted by Gasteiger charge is -2.40. The Morgan fingerprint density at radius 2 is 1.79 bits per heavy atom. The molecule has 3 aliphatic rings. The normalized spacial score (nSPS) is 25.8. The van der Waals surface area contributed by atoms with Crippen molar-refractivity contribution in [2.75, 3.05) is 37.2 Å². The van der Waals surface area contributed by atoms with Gasteiger partial charge in [-0.25, -0.2) is 8.42 Å². The molecule has 0 unspecified atom stereocenters. The minimum Gasteiger partial charge on any atom is -0.325 e. The van der Waals surface area contributed by atoms with Gasteiger partial charge in [0, 0.05) is 48.8 Å². The van der Waals surface area contributed by atoms with Crippen LogP contribution in [0.3, 0.4) is 0 Å². The third-order valence-corrected chi connectivity index (χ3v) is 9.38. The van der Waals surface area contributed by atoms with E-state index in [2.05, 4.69) is 10.2 Å². The zero-order chi connectivity index (χ0) is 19.7. The van der Waals surface area contributed by atoms with Gasteiger partial charge in [0.2, 0.25) is 15.9 Å². The van der Waals surface area contributed by atoms with Gasteiger partial charge in [-0.2, -0.15) is 4.31 Å². The number of amides is 1. The van der Waals surface area contributed by atoms with Gasteiger partial charge in [0.1, 0.15) is 0 Å². The maximum Gasteiger partial charge on any atom is 0.243 e. The number of sulfonamides is 1. The van der Waals surface area contributed by atoms with E-state index < -0.39 is 10.0 Å². The Kier molecular flexibility index (Phi) is 6.01. The number of fused-ring (bicyclic) bond motifs is 1. The van der Waals surface area contributed by atoms with Gasteiger partial charge in [-0.15, -0.1) is 11.8 Å². The SMILES string of the molecule is C[C@@H]1CSc2ccc(S(=O)(=O)N3CCN(C4CCCCC4)CC3)cc2NC1=O. The summed E-state index contributed by atoms with van der Waals surface area (Å²) < 4.78 is 28.0. The number of carbonyl (C=O) groups is 1. The van der Waals surface area contributed by atoms with E-state index in [1.54, 1.807) is 28.2 Å². The monoisotopic (exact) mass is 423 g/mol. The van der Waals surface area contributed by atoms with Gasteiger partial charge in [0.25, 0.3) is 0 Å². The minimum atomic E-state index is -3.55. The number of hydrogen-bond donors (Lipinski definition) is 1. The van der Waals surface area contributed by atoms with Crippen molar-refractivity contribution in [3.05, 3.63) is 18.2 Å². The smallest absolute Gasteiger partial charge is 0.243 e. The van der Waals surface area contributed by atoms with Crippen LogP contribution < -0.4 is 5.32 Å². The average Bonchev–Trinajstić information content (AvgIpc) is 2.86. The number of hydrogen-bond acceptors (Lipinski definition) is 5. The molecular formula is C20H29N3O3S2. The summed E-state index contributed by atoms with van der Waals surface area (Å²) in [5.74, 6) is 0.556. The molecule has 1 N–H and O–H groups in total. The Labute approximate surface area is 172 Å². The van der Waals surface area contributed by atoms with Crippen molar-refractivity contribution in [1.29, 1.82) is 0 Å². The molecule has 8 heteroatoms. The molecule has 4 rings (SSSR count). The number of benzene rings is 1. The molecule has 1 atom stereocenters. The summed E-state index contributed by atoms with van der Waals surface area (Å²) in [5, 5.41) is 2.89. The Balaban J connectivity index is 1.47. The first-order valence-electron chi connectivity index (χ1n) is 10.3. The highest BCUT2D eigenvalue weighted by Crippen LogP contribution is 2.35. The van der Waals surface area contributed by atoms with Gasteiger partial charge in [0.15, 0.2) is 0 Å². The quantitative estimate of drug-likeness (QED) is 0.809. The van der Waals surface area contributed by atoms with Crippen LogP contribution in [0, 0.1) is 5.92 Å². The average molecular weight is 424 g/mol. The maximum atomic E-state index is 13.2. The highest BCUT2D eigenvalue weighted by atomic mass is 32.2. The van der Waals surface area contributed by atoms with Crippen LogP contribution in [0.15, 0.2) is 28.0 Å². The summed E-state index contributed by atoms with van der Waals surface area (Å²) in [5.41, 5.74) is 0.612. The highest BCUT2D eigenvalue weighted by Gasteiger charge is 2.32. The molecule has 1 saturated heterocycles. The van der Waals surface area contributed by atoms with E-state index in [4.69, 9.17) is 0 Å². The molecule has 1 aliphatic carbocycles. The zero-order valence-corrected chi connectivity index (χ0v) is 18.0. The molecule has 2 aliphatic heterocycles. The fraction of sp³-hybridized carbons (Fsp3) is 0.650. The molecule has 2 heterocycles. The summed E-state index contributed by atoms with van der Waals surface area (Å²) in [6.45, 7) is 4.57. The van der Waals surface area contributed by atoms with E-state index in [1.165, 1.54) is 32.1 Å². The lowest BCUT2D eigenvalue weighted by molar-refractivity contribution is -0.118. The number of nitrogens with one attached hydrogen (secondary N) is 1. The molecule has 1 aromatic rings. The third-order valence-electron chi connectivity index (χ3n) is 6.15. The third kappa shape index (κ3) is 4.10. The van der Waals surface area contributed by atoms with Crippen LogP contribution >= 0.6 is 11.8 Å². The van der Waals surface area contributed by atoms with Crippen LogP contribution in [0.1, 0.15) is 39.0 Å². The standard InChI is InChI=1S/C20H29N3O3S2/c1-15-14-27-19-8-7-17(13-18(19)21-20(15)24)28(25,26)23-11-9-22(10-12-23)16-5-3-2-4-6-16/h7-8,13,15-16H,2-6,9-12,14H2,1H3,(H,21,24)/t15-/m1/s1. The second-order valence-corrected chi connectivity index (χ2v) is 11.1. The number of carbonyl (C=O) groups excluding carboxylic acids is 1. The summed E-state index contributed by atoms with van der Waals surface area (Å²) in [6.07, 6.45) is 6.40. The number of thioether (sulfide) groups is 1. The summed E-state index contributed by atoms with van der Waals surface area (Å²) in [6, 6.07) is 5.75. The maximum absolute atomic E-state index is 13.2. The van der Waals surface area contributed by atoms with Crippen molar-refractivity contribution in [1.82, 2.24) is 9.21 Å². The van der Waals surface area contributed by atoms with Crippen molar-refractivity contribution in [3.8, 4) is 0 Å². The first-order chi connectivity index (χ1) is 13.4. The van der Waals surface area contributed by atoms with Crippen LogP contribution in [0.5, 0.6) is 0 Å². The Bertz CT molecular complexity index is 829. The number of rotatable bonds is 3. The van der Waals surface area contributed by atoms with Crippen molar-refractivity contribution >= 4 is 33.4 Å². The van der Waals surface area contributed by atoms with Crippen LogP contribution in [0.4, 0.5) is 5.69 Å². The van der Waals surface area contributed by atoms with Crippen LogP contribution in [-0.2, 0) is 14.8 Å². The first-order valence-corrected chi connectivity index (χ1v) is 12.7. The van der Waals surface area contributed by atoms with E-state index in [9.17, 15) is 13.2 Å². The van der Waals surface area contributed by atoms with Crippen LogP contribution in [0.25, 0.3) is 0 Å². The molecule has 0 radical (unpaired) electrons. The molecule has 154 valence electrons. The van der Waals surface area contributed by atoms with E-state index in [0.29, 0.717) is 30.6 Å². The Hall–Kier alpha value is -1.09. The second-order valence-electron chi connectivity index (χ2n) is 8.09. The van der Waals surface area contributed by atoms with Gasteiger partial charge >= 0.3 is 0 Å². The van der Waals surface area contributed by atoms with Crippen molar-refractivity contribution < 1.29 is 13.2 Å². The molecule has 0 aromatic heterocycles. The molecule has 1 saturated carbocycles. The predicted octanol–water partition coefficient (Wildman–Crippen LogP) is 3.01. The van der Waals surface area contributed by atoms with E-state index in [1.807, 2.05) is 13.0 Å². The highest BCUT2D eigenvalue weighted by molar-refractivity contribution is 7.99. The van der Waals surface area contributed by atoms with Gasteiger partial charge in [-0.1, -0.05) is 26.2 Å². The fourth-order valence-electron chi connectivity index (χ4n) is 4.34. The van der Waals surface area contributed by atoms with E-state index in [0.717, 1.165) is 18.0 Å². The van der Waals surface area contributed by atoms with E-state index in [-0.39, 0.29) is 16.7 Å². The topological polar surface area (TPSA) is 69.7 Å². The van der Waals surface area contributed by atoms with Gasteiger partial charge in [0.05, 0.1) is 10.6 Å². The molecule has 1 aromatic carbocycles. The molecule has 0 spiro atoms. The van der Waals surface area contributed by atoms with Crippen molar-refractivity contribution in [2.24, 2.45) is 5.92 Å². The second kappa shape index (κ2) is 8.34. The lowest BCUT2D eigenvalue weighted by atomic mass is 9.94. The number of piperazine rings is 1. The predicted molar refractivity (Wildman–Crippen MR) is 112 cm³/mol. The van der Waals surface area contributed by atoms with Crippen molar-refractivity contribution in [2.45, 2.75) is 54.9 Å². The summed E-state index contributed by atoms with van der Waals surface area (Å²) in [4.78, 5) is 15.8. The molecule has 2 fully saturated rings. The van der Waals surface area contributed by atoms with Crippen LogP contribution in [-0.4, -0.2) is 61.5 Å². The summed E-state index contributed by atoms with van der Waals surface area (Å²) in [7, 11) is -3.55. The van der Waals surface area contributed by atoms with Gasteiger partial charge < -0.3 is 5.32 Å². The van der Waals surface area contributed by atoms with Crippen LogP contribution in [0.2, 0.25) is 0 Å². The van der Waals surface area contributed by atoms with E-state index >= 15 is 0 Å². The zero-order valence-electron chi connectivity index (χ0n) is 16.4. The fourth-order valence-corrected chi connectivity index (χ4v) is 6.80. The molecular weight excluding hydrogens is 394 g/mol.